The van der Waals surface area contributed by atoms with Gasteiger partial charge in [0.1, 0.15) is 29.1 Å². The molecule has 0 amide bonds. The van der Waals surface area contributed by atoms with Crippen molar-refractivity contribution in [1.29, 1.82) is 5.26 Å². The molecule has 0 atom stereocenters. The predicted molar refractivity (Wildman–Crippen MR) is 109 cm³/mol. The smallest absolute Gasteiger partial charge is 0.216 e. The molecule has 0 bridgehead atoms. The minimum atomic E-state index is -3.98. The van der Waals surface area contributed by atoms with E-state index in [1.807, 2.05) is 0 Å². The molecule has 146 valence electrons. The van der Waals surface area contributed by atoms with E-state index in [9.17, 15) is 18.1 Å². The van der Waals surface area contributed by atoms with Crippen molar-refractivity contribution < 1.29 is 17.5 Å². The fraction of sp³-hybridized carbons (Fsp3) is 0.0455. The molecule has 4 nitrogen and oxygen atoms in total. The number of benzene rings is 3. The first-order chi connectivity index (χ1) is 13.9. The van der Waals surface area contributed by atoms with Crippen molar-refractivity contribution >= 4 is 27.5 Å². The van der Waals surface area contributed by atoms with Crippen LogP contribution >= 0.6 is 11.6 Å². The SMILES string of the molecule is N#CC(=Cc1ccccc1OCc1c(F)cccc1Cl)S(=O)(=O)c1ccccc1. The van der Waals surface area contributed by atoms with Crippen LogP contribution < -0.4 is 4.74 Å². The molecule has 0 fully saturated rings. The summed E-state index contributed by atoms with van der Waals surface area (Å²) in [6.45, 7) is -0.149. The molecule has 3 aromatic carbocycles. The molecule has 0 heterocycles. The first kappa shape index (κ1) is 20.6. The van der Waals surface area contributed by atoms with Crippen LogP contribution in [0.2, 0.25) is 5.02 Å². The Hall–Kier alpha value is -3.14. The molecule has 0 spiro atoms. The number of allylic oxidation sites excluding steroid dienone is 1. The van der Waals surface area contributed by atoms with Crippen molar-refractivity contribution in [3.63, 3.8) is 0 Å². The predicted octanol–water partition coefficient (Wildman–Crippen LogP) is 5.40. The second-order valence-electron chi connectivity index (χ2n) is 5.96. The highest BCUT2D eigenvalue weighted by molar-refractivity contribution is 7.95. The lowest BCUT2D eigenvalue weighted by atomic mass is 10.2. The number of hydrogen-bond donors (Lipinski definition) is 0. The normalized spacial score (nSPS) is 11.7. The number of nitriles is 1. The lowest BCUT2D eigenvalue weighted by Gasteiger charge is -2.11. The van der Waals surface area contributed by atoms with Gasteiger partial charge in [0.15, 0.2) is 0 Å². The van der Waals surface area contributed by atoms with Crippen molar-refractivity contribution in [2.75, 3.05) is 0 Å². The summed E-state index contributed by atoms with van der Waals surface area (Å²) in [5, 5.41) is 9.68. The Bertz CT molecular complexity index is 1180. The van der Waals surface area contributed by atoms with Gasteiger partial charge in [-0.1, -0.05) is 54.1 Å². The maximum Gasteiger partial charge on any atom is 0.216 e. The lowest BCUT2D eigenvalue weighted by molar-refractivity contribution is 0.299. The molecule has 7 heteroatoms. The maximum atomic E-state index is 14.0. The molecule has 0 aliphatic carbocycles. The third-order valence-corrected chi connectivity index (χ3v) is 6.13. The van der Waals surface area contributed by atoms with Gasteiger partial charge >= 0.3 is 0 Å². The van der Waals surface area contributed by atoms with Crippen molar-refractivity contribution in [1.82, 2.24) is 0 Å². The molecule has 3 aromatic rings. The monoisotopic (exact) mass is 427 g/mol. The Balaban J connectivity index is 1.95. The number of hydrogen-bond acceptors (Lipinski definition) is 4. The first-order valence-corrected chi connectivity index (χ1v) is 10.4. The highest BCUT2D eigenvalue weighted by Gasteiger charge is 2.21. The van der Waals surface area contributed by atoms with E-state index in [1.165, 1.54) is 30.3 Å². The van der Waals surface area contributed by atoms with Crippen LogP contribution in [0, 0.1) is 17.1 Å². The fourth-order valence-corrected chi connectivity index (χ4v) is 3.98. The molecule has 0 aliphatic rings. The average Bonchev–Trinajstić information content (AvgIpc) is 2.73. The molecule has 3 rings (SSSR count). The van der Waals surface area contributed by atoms with Gasteiger partial charge in [-0.15, -0.1) is 0 Å². The van der Waals surface area contributed by atoms with Gasteiger partial charge < -0.3 is 4.74 Å². The van der Waals surface area contributed by atoms with Crippen LogP contribution in [-0.2, 0) is 16.4 Å². The molecule has 0 radical (unpaired) electrons. The van der Waals surface area contributed by atoms with E-state index in [-0.39, 0.29) is 22.1 Å². The van der Waals surface area contributed by atoms with Gasteiger partial charge in [-0.05, 0) is 36.4 Å². The zero-order valence-corrected chi connectivity index (χ0v) is 16.6. The topological polar surface area (TPSA) is 67.2 Å². The van der Waals surface area contributed by atoms with E-state index in [0.29, 0.717) is 11.3 Å². The summed E-state index contributed by atoms with van der Waals surface area (Å²) in [6.07, 6.45) is 1.24. The summed E-state index contributed by atoms with van der Waals surface area (Å²) in [7, 11) is -3.98. The van der Waals surface area contributed by atoms with E-state index >= 15 is 0 Å². The Morgan fingerprint density at radius 3 is 2.41 bits per heavy atom. The molecule has 0 aromatic heterocycles. The fourth-order valence-electron chi connectivity index (χ4n) is 2.59. The van der Waals surface area contributed by atoms with Crippen LogP contribution in [0.5, 0.6) is 5.75 Å². The van der Waals surface area contributed by atoms with Crippen LogP contribution in [-0.4, -0.2) is 8.42 Å². The second kappa shape index (κ2) is 8.91. The van der Waals surface area contributed by atoms with Gasteiger partial charge in [0.25, 0.3) is 0 Å². The molecule has 0 saturated carbocycles. The molecule has 0 aliphatic heterocycles. The number of nitrogens with zero attached hydrogens (tertiary/aromatic N) is 1. The van der Waals surface area contributed by atoms with Crippen molar-refractivity contribution in [2.45, 2.75) is 11.5 Å². The van der Waals surface area contributed by atoms with Gasteiger partial charge in [-0.25, -0.2) is 12.8 Å². The second-order valence-corrected chi connectivity index (χ2v) is 8.29. The molecule has 29 heavy (non-hydrogen) atoms. The molecule has 0 saturated heterocycles. The Labute approximate surface area is 173 Å². The van der Waals surface area contributed by atoms with Crippen LogP contribution in [0.25, 0.3) is 6.08 Å². The minimum absolute atomic E-state index is 0.0179. The Morgan fingerprint density at radius 1 is 1.03 bits per heavy atom. The van der Waals surface area contributed by atoms with Crippen molar-refractivity contribution in [2.24, 2.45) is 0 Å². The third kappa shape index (κ3) is 4.65. The quantitative estimate of drug-likeness (QED) is 0.494. The zero-order chi connectivity index (χ0) is 20.9. The van der Waals surface area contributed by atoms with E-state index in [0.717, 1.165) is 0 Å². The van der Waals surface area contributed by atoms with Crippen LogP contribution in [0.15, 0.2) is 82.6 Å². The molecule has 0 N–H and O–H groups in total. The van der Waals surface area contributed by atoms with Crippen LogP contribution in [0.3, 0.4) is 0 Å². The highest BCUT2D eigenvalue weighted by Crippen LogP contribution is 2.27. The van der Waals surface area contributed by atoms with E-state index in [4.69, 9.17) is 16.3 Å². The minimum Gasteiger partial charge on any atom is -0.488 e. The summed E-state index contributed by atoms with van der Waals surface area (Å²) < 4.78 is 45.1. The standard InChI is InChI=1S/C22H15ClFNO3S/c23-20-10-6-11-21(24)19(20)15-28-22-12-5-4-7-16(22)13-18(14-25)29(26,27)17-8-2-1-3-9-17/h1-13H,15H2. The van der Waals surface area contributed by atoms with Gasteiger partial charge in [-0.3, -0.25) is 0 Å². The zero-order valence-electron chi connectivity index (χ0n) is 15.0. The number of sulfone groups is 1. The number of rotatable bonds is 6. The van der Waals surface area contributed by atoms with E-state index in [1.54, 1.807) is 54.6 Å². The summed E-state index contributed by atoms with van der Waals surface area (Å²) in [4.78, 5) is -0.409. The summed E-state index contributed by atoms with van der Waals surface area (Å²) in [6, 6.07) is 20.3. The van der Waals surface area contributed by atoms with Gasteiger partial charge in [-0.2, -0.15) is 5.26 Å². The molecular formula is C22H15ClFNO3S. The molecule has 0 unspecified atom stereocenters. The Morgan fingerprint density at radius 2 is 1.72 bits per heavy atom. The van der Waals surface area contributed by atoms with Crippen LogP contribution in [0.4, 0.5) is 4.39 Å². The summed E-state index contributed by atoms with van der Waals surface area (Å²) >= 11 is 6.02. The van der Waals surface area contributed by atoms with Gasteiger partial charge in [0, 0.05) is 11.1 Å². The van der Waals surface area contributed by atoms with Gasteiger partial charge in [0.05, 0.1) is 9.92 Å². The number of halogens is 2. The third-order valence-electron chi connectivity index (χ3n) is 4.09. The van der Waals surface area contributed by atoms with E-state index in [2.05, 4.69) is 0 Å². The van der Waals surface area contributed by atoms with E-state index < -0.39 is 20.6 Å². The average molecular weight is 428 g/mol. The lowest BCUT2D eigenvalue weighted by Crippen LogP contribution is -2.04. The van der Waals surface area contributed by atoms with Crippen molar-refractivity contribution in [3.05, 3.63) is 99.7 Å². The van der Waals surface area contributed by atoms with Gasteiger partial charge in [0.2, 0.25) is 9.84 Å². The van der Waals surface area contributed by atoms with Crippen molar-refractivity contribution in [3.8, 4) is 11.8 Å². The summed E-state index contributed by atoms with van der Waals surface area (Å²) in [5.74, 6) is -0.210. The first-order valence-electron chi connectivity index (χ1n) is 8.50. The maximum absolute atomic E-state index is 14.0. The summed E-state index contributed by atoms with van der Waals surface area (Å²) in [5.41, 5.74) is 0.557. The largest absolute Gasteiger partial charge is 0.488 e. The number of ether oxygens (including phenoxy) is 1. The number of para-hydroxylation sites is 1. The Kier molecular flexibility index (Phi) is 6.32. The molecular weight excluding hydrogens is 413 g/mol. The van der Waals surface area contributed by atoms with Crippen LogP contribution in [0.1, 0.15) is 11.1 Å². The highest BCUT2D eigenvalue weighted by atomic mass is 35.5.